The van der Waals surface area contributed by atoms with E-state index in [1.165, 1.54) is 13.2 Å². The molecule has 0 aliphatic heterocycles. The number of allylic oxidation sites excluding steroid dienone is 1. The number of hydrogen-bond donors (Lipinski definition) is 4. The molecular weight excluding hydrogens is 498 g/mol. The Balaban J connectivity index is 1.73. The number of amides is 2. The molecule has 206 valence electrons. The summed E-state index contributed by atoms with van der Waals surface area (Å²) in [6.45, 7) is 1.88. The van der Waals surface area contributed by atoms with E-state index in [0.717, 1.165) is 5.56 Å². The van der Waals surface area contributed by atoms with Gasteiger partial charge in [-0.25, -0.2) is 4.79 Å². The predicted octanol–water partition coefficient (Wildman–Crippen LogP) is 5.23. The Morgan fingerprint density at radius 2 is 1.72 bits per heavy atom. The number of para-hydroxylation sites is 3. The third kappa shape index (κ3) is 9.17. The second kappa shape index (κ2) is 15.2. The molecule has 5 N–H and O–H groups in total. The quantitative estimate of drug-likeness (QED) is 0.175. The number of nitrogens with two attached hydrogens (primary N) is 1. The highest BCUT2D eigenvalue weighted by atomic mass is 16.6. The summed E-state index contributed by atoms with van der Waals surface area (Å²) < 4.78 is 17.3. The van der Waals surface area contributed by atoms with Crippen LogP contribution in [-0.4, -0.2) is 43.5 Å². The third-order valence-electron chi connectivity index (χ3n) is 5.85. The van der Waals surface area contributed by atoms with E-state index in [2.05, 4.69) is 10.6 Å². The zero-order valence-electron chi connectivity index (χ0n) is 22.1. The highest BCUT2D eigenvalue weighted by Gasteiger charge is 2.29. The summed E-state index contributed by atoms with van der Waals surface area (Å²) in [6.07, 6.45) is 2.00. The molecule has 2 amide bonds. The number of carbonyl (C=O) groups excluding carboxylic acids is 2. The van der Waals surface area contributed by atoms with Crippen LogP contribution in [0.4, 0.5) is 21.9 Å². The van der Waals surface area contributed by atoms with Crippen molar-refractivity contribution < 1.29 is 28.9 Å². The molecule has 0 heterocycles. The van der Waals surface area contributed by atoms with Gasteiger partial charge >= 0.3 is 6.09 Å². The van der Waals surface area contributed by atoms with Crippen molar-refractivity contribution in [2.45, 2.75) is 32.0 Å². The molecule has 3 aromatic carbocycles. The Morgan fingerprint density at radius 3 is 2.44 bits per heavy atom. The first-order valence-corrected chi connectivity index (χ1v) is 12.6. The first-order chi connectivity index (χ1) is 18.9. The smallest absolute Gasteiger partial charge is 0.412 e. The minimum Gasteiger partial charge on any atom is -0.491 e. The maximum Gasteiger partial charge on any atom is 0.412 e. The lowest BCUT2D eigenvalue weighted by Gasteiger charge is -2.27. The average Bonchev–Trinajstić information content (AvgIpc) is 2.94. The fourth-order valence-corrected chi connectivity index (χ4v) is 3.87. The topological polar surface area (TPSA) is 132 Å². The zero-order valence-corrected chi connectivity index (χ0v) is 22.1. The van der Waals surface area contributed by atoms with E-state index in [1.807, 2.05) is 25.1 Å². The fraction of sp³-hybridized carbons (Fsp3) is 0.267. The number of methoxy groups -OCH3 is 1. The number of carbonyl (C=O) groups is 2. The van der Waals surface area contributed by atoms with Crippen LogP contribution in [-0.2, 0) is 14.3 Å². The number of ether oxygens (including phenoxy) is 3. The molecule has 0 saturated heterocycles. The lowest BCUT2D eigenvalue weighted by molar-refractivity contribution is -0.111. The van der Waals surface area contributed by atoms with E-state index in [9.17, 15) is 14.7 Å². The van der Waals surface area contributed by atoms with E-state index >= 15 is 0 Å². The minimum absolute atomic E-state index is 0.0841. The SMILES string of the molecule is CO[C@H](CC/C=C/C(=O)Nc1ccccc1N)[C@H](OC(=O)Nc1ccc(C)cc1)c1ccccc1OCCO. The van der Waals surface area contributed by atoms with E-state index in [4.69, 9.17) is 19.9 Å². The highest BCUT2D eigenvalue weighted by Crippen LogP contribution is 2.33. The van der Waals surface area contributed by atoms with Crippen LogP contribution >= 0.6 is 0 Å². The maximum absolute atomic E-state index is 12.9. The molecule has 0 saturated carbocycles. The summed E-state index contributed by atoms with van der Waals surface area (Å²) in [4.78, 5) is 25.2. The Kier molecular flexibility index (Phi) is 11.4. The molecule has 3 rings (SSSR count). The monoisotopic (exact) mass is 533 g/mol. The standard InChI is InChI=1S/C30H35N3O6/c1-21-15-17-22(18-16-21)32-30(36)39-29(23-9-3-6-12-26(23)38-20-19-34)27(37-2)13-7-8-14-28(35)33-25-11-5-4-10-24(25)31/h3-6,8-12,14-18,27,29,34H,7,13,19-20,31H2,1-2H3,(H,32,36)(H,33,35)/b14-8+/t27-,29-/m1/s1. The Morgan fingerprint density at radius 1 is 1.00 bits per heavy atom. The van der Waals surface area contributed by atoms with Gasteiger partial charge in [0.1, 0.15) is 12.4 Å². The summed E-state index contributed by atoms with van der Waals surface area (Å²) >= 11 is 0. The van der Waals surface area contributed by atoms with Crippen molar-refractivity contribution in [2.24, 2.45) is 0 Å². The van der Waals surface area contributed by atoms with Crippen LogP contribution < -0.4 is 21.1 Å². The number of anilines is 3. The lowest BCUT2D eigenvalue weighted by atomic mass is 9.99. The number of benzene rings is 3. The van der Waals surface area contributed by atoms with E-state index in [-0.39, 0.29) is 19.1 Å². The number of aliphatic hydroxyl groups excluding tert-OH is 1. The molecule has 39 heavy (non-hydrogen) atoms. The molecule has 9 nitrogen and oxygen atoms in total. The fourth-order valence-electron chi connectivity index (χ4n) is 3.87. The number of nitrogen functional groups attached to an aromatic ring is 1. The molecular formula is C30H35N3O6. The van der Waals surface area contributed by atoms with Gasteiger partial charge in [0.2, 0.25) is 5.91 Å². The molecule has 0 aliphatic rings. The molecule has 0 radical (unpaired) electrons. The molecule has 0 aromatic heterocycles. The lowest BCUT2D eigenvalue weighted by Crippen LogP contribution is -2.28. The third-order valence-corrected chi connectivity index (χ3v) is 5.85. The van der Waals surface area contributed by atoms with E-state index in [0.29, 0.717) is 41.2 Å². The highest BCUT2D eigenvalue weighted by molar-refractivity contribution is 6.01. The normalized spacial score (nSPS) is 12.5. The summed E-state index contributed by atoms with van der Waals surface area (Å²) in [5.41, 5.74) is 9.15. The maximum atomic E-state index is 12.9. The number of nitrogens with one attached hydrogen (secondary N) is 2. The first-order valence-electron chi connectivity index (χ1n) is 12.6. The van der Waals surface area contributed by atoms with Crippen LogP contribution in [0, 0.1) is 6.92 Å². The molecule has 0 bridgehead atoms. The molecule has 2 atom stereocenters. The van der Waals surface area contributed by atoms with Gasteiger partial charge in [-0.3, -0.25) is 10.1 Å². The van der Waals surface area contributed by atoms with Crippen LogP contribution in [0.3, 0.4) is 0 Å². The summed E-state index contributed by atoms with van der Waals surface area (Å²) in [5, 5.41) is 14.7. The largest absolute Gasteiger partial charge is 0.491 e. The van der Waals surface area contributed by atoms with Gasteiger partial charge in [0, 0.05) is 18.4 Å². The predicted molar refractivity (Wildman–Crippen MR) is 152 cm³/mol. The molecule has 0 aliphatic carbocycles. The van der Waals surface area contributed by atoms with Gasteiger partial charge in [0.15, 0.2) is 6.10 Å². The van der Waals surface area contributed by atoms with Gasteiger partial charge < -0.3 is 30.4 Å². The van der Waals surface area contributed by atoms with Crippen molar-refractivity contribution >= 4 is 29.1 Å². The van der Waals surface area contributed by atoms with Crippen molar-refractivity contribution in [3.63, 3.8) is 0 Å². The van der Waals surface area contributed by atoms with E-state index < -0.39 is 18.3 Å². The first kappa shape index (κ1) is 29.2. The van der Waals surface area contributed by atoms with Gasteiger partial charge in [-0.05, 0) is 56.2 Å². The second-order valence-electron chi connectivity index (χ2n) is 8.76. The van der Waals surface area contributed by atoms with Crippen molar-refractivity contribution in [1.82, 2.24) is 0 Å². The van der Waals surface area contributed by atoms with Gasteiger partial charge in [0.25, 0.3) is 0 Å². The van der Waals surface area contributed by atoms with Crippen LogP contribution in [0.2, 0.25) is 0 Å². The zero-order chi connectivity index (χ0) is 28.0. The molecule has 0 unspecified atom stereocenters. The summed E-state index contributed by atoms with van der Waals surface area (Å²) in [7, 11) is 1.53. The van der Waals surface area contributed by atoms with Gasteiger partial charge in [-0.1, -0.05) is 54.1 Å². The van der Waals surface area contributed by atoms with Crippen molar-refractivity contribution in [3.05, 3.63) is 96.1 Å². The number of hydrogen-bond acceptors (Lipinski definition) is 7. The average molecular weight is 534 g/mol. The van der Waals surface area contributed by atoms with Crippen molar-refractivity contribution in [3.8, 4) is 5.75 Å². The van der Waals surface area contributed by atoms with Crippen LogP contribution in [0.25, 0.3) is 0 Å². The molecule has 9 heteroatoms. The van der Waals surface area contributed by atoms with E-state index in [1.54, 1.807) is 60.7 Å². The Labute approximate surface area is 228 Å². The van der Waals surface area contributed by atoms with Crippen LogP contribution in [0.15, 0.2) is 84.9 Å². The molecule has 0 spiro atoms. The second-order valence-corrected chi connectivity index (χ2v) is 8.76. The van der Waals surface area contributed by atoms with Crippen molar-refractivity contribution in [1.29, 1.82) is 0 Å². The van der Waals surface area contributed by atoms with Crippen LogP contribution in [0.1, 0.15) is 30.1 Å². The van der Waals surface area contributed by atoms with Gasteiger partial charge in [0.05, 0.1) is 24.1 Å². The minimum atomic E-state index is -0.832. The number of aryl methyl sites for hydroxylation is 1. The Bertz CT molecular complexity index is 1250. The summed E-state index contributed by atoms with van der Waals surface area (Å²) in [5.74, 6) is 0.159. The Hall–Kier alpha value is -4.34. The van der Waals surface area contributed by atoms with Gasteiger partial charge in [-0.2, -0.15) is 0 Å². The number of rotatable bonds is 13. The molecule has 0 fully saturated rings. The van der Waals surface area contributed by atoms with Gasteiger partial charge in [-0.15, -0.1) is 0 Å². The summed E-state index contributed by atoms with van der Waals surface area (Å²) in [6, 6.07) is 21.5. The van der Waals surface area contributed by atoms with Crippen molar-refractivity contribution in [2.75, 3.05) is 36.7 Å². The van der Waals surface area contributed by atoms with Crippen LogP contribution in [0.5, 0.6) is 5.75 Å². The molecule has 3 aromatic rings. The number of aliphatic hydroxyl groups is 1.